The first kappa shape index (κ1) is 8.80. The summed E-state index contributed by atoms with van der Waals surface area (Å²) in [4.78, 5) is 11.2. The minimum absolute atomic E-state index is 0.0250. The predicted octanol–water partition coefficient (Wildman–Crippen LogP) is 1.78. The molecular weight excluding hydrogens is 281 g/mol. The van der Waals surface area contributed by atoms with Gasteiger partial charge in [-0.25, -0.2) is 0 Å². The van der Waals surface area contributed by atoms with Gasteiger partial charge in [0, 0.05) is 40.3 Å². The molecule has 2 rings (SSSR count). The number of hydrogen-bond acceptors (Lipinski definition) is 3. The molecule has 0 atom stereocenters. The molecule has 13 heavy (non-hydrogen) atoms. The lowest BCUT2D eigenvalue weighted by Crippen LogP contribution is -1.96. The SMILES string of the molecule is Nc1cc2c(c(C(=O)I)c1)OCC2. The van der Waals surface area contributed by atoms with Crippen LogP contribution < -0.4 is 10.5 Å². The summed E-state index contributed by atoms with van der Waals surface area (Å²) >= 11 is 1.74. The van der Waals surface area contributed by atoms with Crippen LogP contribution in [0.5, 0.6) is 5.75 Å². The fraction of sp³-hybridized carbons (Fsp3) is 0.222. The van der Waals surface area contributed by atoms with E-state index < -0.39 is 0 Å². The molecule has 3 nitrogen and oxygen atoms in total. The second-order valence-electron chi connectivity index (χ2n) is 2.93. The lowest BCUT2D eigenvalue weighted by molar-refractivity contribution is 0.110. The van der Waals surface area contributed by atoms with Crippen molar-refractivity contribution in [2.24, 2.45) is 0 Å². The Kier molecular flexibility index (Phi) is 2.15. The molecule has 0 unspecified atom stereocenters. The van der Waals surface area contributed by atoms with Crippen LogP contribution in [0.4, 0.5) is 5.69 Å². The van der Waals surface area contributed by atoms with E-state index in [0.29, 0.717) is 23.6 Å². The molecule has 0 saturated heterocycles. The maximum Gasteiger partial charge on any atom is 0.226 e. The summed E-state index contributed by atoms with van der Waals surface area (Å²) in [5, 5.41) is 0. The van der Waals surface area contributed by atoms with Gasteiger partial charge < -0.3 is 10.5 Å². The number of ether oxygens (including phenoxy) is 1. The Morgan fingerprint density at radius 1 is 1.54 bits per heavy atom. The van der Waals surface area contributed by atoms with Crippen LogP contribution in [-0.4, -0.2) is 10.4 Å². The van der Waals surface area contributed by atoms with E-state index in [1.807, 2.05) is 6.07 Å². The van der Waals surface area contributed by atoms with Gasteiger partial charge in [-0.1, -0.05) is 0 Å². The van der Waals surface area contributed by atoms with Gasteiger partial charge in [-0.3, -0.25) is 4.79 Å². The number of nitrogen functional groups attached to an aromatic ring is 1. The highest BCUT2D eigenvalue weighted by Crippen LogP contribution is 2.33. The topological polar surface area (TPSA) is 52.3 Å². The maximum atomic E-state index is 11.2. The van der Waals surface area contributed by atoms with Crippen LogP contribution in [0.15, 0.2) is 12.1 Å². The lowest BCUT2D eigenvalue weighted by Gasteiger charge is -2.05. The standard InChI is InChI=1S/C9H8INO2/c10-9(12)7-4-6(11)3-5-1-2-13-8(5)7/h3-4H,1-2,11H2. The van der Waals surface area contributed by atoms with E-state index in [1.54, 1.807) is 28.7 Å². The lowest BCUT2D eigenvalue weighted by atomic mass is 10.1. The van der Waals surface area contributed by atoms with Crippen molar-refractivity contribution in [3.05, 3.63) is 23.3 Å². The Labute approximate surface area is 89.4 Å². The molecule has 68 valence electrons. The summed E-state index contributed by atoms with van der Waals surface area (Å²) in [6, 6.07) is 3.53. The summed E-state index contributed by atoms with van der Waals surface area (Å²) in [5.41, 5.74) is 7.92. The van der Waals surface area contributed by atoms with Gasteiger partial charge in [0.25, 0.3) is 0 Å². The molecule has 1 aromatic carbocycles. The molecule has 0 saturated carbocycles. The number of halogens is 1. The Hall–Kier alpha value is -0.780. The van der Waals surface area contributed by atoms with E-state index >= 15 is 0 Å². The second-order valence-corrected chi connectivity index (χ2v) is 3.91. The van der Waals surface area contributed by atoms with Crippen molar-refractivity contribution in [2.75, 3.05) is 12.3 Å². The fourth-order valence-corrected chi connectivity index (χ4v) is 1.88. The third kappa shape index (κ3) is 1.50. The van der Waals surface area contributed by atoms with Crippen LogP contribution in [0.1, 0.15) is 15.9 Å². The first-order valence-corrected chi connectivity index (χ1v) is 5.01. The van der Waals surface area contributed by atoms with E-state index in [4.69, 9.17) is 10.5 Å². The summed E-state index contributed by atoms with van der Waals surface area (Å²) < 4.78 is 5.34. The predicted molar refractivity (Wildman–Crippen MR) is 58.4 cm³/mol. The summed E-state index contributed by atoms with van der Waals surface area (Å²) in [6.45, 7) is 0.649. The molecule has 1 aliphatic heterocycles. The van der Waals surface area contributed by atoms with E-state index in [0.717, 1.165) is 12.0 Å². The molecule has 0 amide bonds. The van der Waals surface area contributed by atoms with Gasteiger partial charge in [0.2, 0.25) is 3.79 Å². The van der Waals surface area contributed by atoms with Gasteiger partial charge in [0.1, 0.15) is 5.75 Å². The van der Waals surface area contributed by atoms with Crippen molar-refractivity contribution in [3.63, 3.8) is 0 Å². The number of rotatable bonds is 1. The largest absolute Gasteiger partial charge is 0.492 e. The molecule has 2 N–H and O–H groups in total. The van der Waals surface area contributed by atoms with Crippen LogP contribution in [-0.2, 0) is 6.42 Å². The van der Waals surface area contributed by atoms with Crippen LogP contribution in [0, 0.1) is 0 Å². The summed E-state index contributed by atoms with van der Waals surface area (Å²) in [7, 11) is 0. The molecule has 1 aromatic rings. The minimum atomic E-state index is -0.0250. The third-order valence-corrected chi connectivity index (χ3v) is 2.60. The Bertz CT molecular complexity index is 376. The molecule has 0 fully saturated rings. The summed E-state index contributed by atoms with van der Waals surface area (Å²) in [5.74, 6) is 0.716. The number of carbonyl (C=O) groups excluding carboxylic acids is 1. The number of anilines is 1. The average molecular weight is 289 g/mol. The molecule has 0 aromatic heterocycles. The van der Waals surface area contributed by atoms with E-state index in [9.17, 15) is 4.79 Å². The Morgan fingerprint density at radius 2 is 2.31 bits per heavy atom. The van der Waals surface area contributed by atoms with Crippen LogP contribution in [0.25, 0.3) is 0 Å². The zero-order valence-electron chi connectivity index (χ0n) is 6.84. The van der Waals surface area contributed by atoms with E-state index in [2.05, 4.69) is 0 Å². The number of fused-ring (bicyclic) bond motifs is 1. The van der Waals surface area contributed by atoms with Gasteiger partial charge in [-0.05, 0) is 12.1 Å². The van der Waals surface area contributed by atoms with Crippen molar-refractivity contribution in [1.29, 1.82) is 0 Å². The summed E-state index contributed by atoms with van der Waals surface area (Å²) in [6.07, 6.45) is 0.845. The fourth-order valence-electron chi connectivity index (χ4n) is 1.48. The van der Waals surface area contributed by atoms with Crippen molar-refractivity contribution in [1.82, 2.24) is 0 Å². The number of carbonyl (C=O) groups is 1. The normalized spacial score (nSPS) is 13.6. The zero-order valence-corrected chi connectivity index (χ0v) is 9.00. The molecule has 0 bridgehead atoms. The molecule has 0 aliphatic carbocycles. The molecule has 1 heterocycles. The quantitative estimate of drug-likeness (QED) is 0.487. The highest BCUT2D eigenvalue weighted by Gasteiger charge is 2.20. The smallest absolute Gasteiger partial charge is 0.226 e. The van der Waals surface area contributed by atoms with E-state index in [-0.39, 0.29) is 3.79 Å². The van der Waals surface area contributed by atoms with Crippen molar-refractivity contribution < 1.29 is 9.53 Å². The van der Waals surface area contributed by atoms with Gasteiger partial charge in [-0.2, -0.15) is 0 Å². The van der Waals surface area contributed by atoms with Crippen molar-refractivity contribution in [3.8, 4) is 5.75 Å². The Balaban J connectivity index is 2.62. The van der Waals surface area contributed by atoms with Gasteiger partial charge in [0.15, 0.2) is 0 Å². The zero-order chi connectivity index (χ0) is 9.42. The van der Waals surface area contributed by atoms with Crippen LogP contribution >= 0.6 is 22.6 Å². The molecule has 0 spiro atoms. The monoisotopic (exact) mass is 289 g/mol. The van der Waals surface area contributed by atoms with Crippen LogP contribution in [0.2, 0.25) is 0 Å². The second kappa shape index (κ2) is 3.17. The maximum absolute atomic E-state index is 11.2. The Morgan fingerprint density at radius 3 is 3.00 bits per heavy atom. The van der Waals surface area contributed by atoms with Crippen molar-refractivity contribution >= 4 is 32.1 Å². The molecule has 4 heteroatoms. The highest BCUT2D eigenvalue weighted by molar-refractivity contribution is 14.1. The van der Waals surface area contributed by atoms with Gasteiger partial charge >= 0.3 is 0 Å². The highest BCUT2D eigenvalue weighted by atomic mass is 127. The number of hydrogen-bond donors (Lipinski definition) is 1. The first-order valence-electron chi connectivity index (χ1n) is 3.93. The van der Waals surface area contributed by atoms with Crippen molar-refractivity contribution in [2.45, 2.75) is 6.42 Å². The minimum Gasteiger partial charge on any atom is -0.492 e. The first-order chi connectivity index (χ1) is 6.18. The van der Waals surface area contributed by atoms with Crippen LogP contribution in [0.3, 0.4) is 0 Å². The van der Waals surface area contributed by atoms with E-state index in [1.165, 1.54) is 0 Å². The number of benzene rings is 1. The molecule has 0 radical (unpaired) electrons. The molecule has 1 aliphatic rings. The molecular formula is C9H8INO2. The third-order valence-electron chi connectivity index (χ3n) is 2.02. The van der Waals surface area contributed by atoms with Gasteiger partial charge in [0.05, 0.1) is 12.2 Å². The van der Waals surface area contributed by atoms with Gasteiger partial charge in [-0.15, -0.1) is 0 Å². The number of nitrogens with two attached hydrogens (primary N) is 1. The average Bonchev–Trinajstić information content (AvgIpc) is 2.49.